The van der Waals surface area contributed by atoms with Gasteiger partial charge in [-0.3, -0.25) is 0 Å². The van der Waals surface area contributed by atoms with E-state index in [1.54, 1.807) is 13.8 Å². The van der Waals surface area contributed by atoms with Gasteiger partial charge in [0.1, 0.15) is 5.75 Å². The summed E-state index contributed by atoms with van der Waals surface area (Å²) in [6.45, 7) is 9.06. The molecule has 1 unspecified atom stereocenters. The number of benzene rings is 1. The van der Waals surface area contributed by atoms with Crippen LogP contribution < -0.4 is 9.46 Å². The zero-order valence-corrected chi connectivity index (χ0v) is 13.0. The summed E-state index contributed by atoms with van der Waals surface area (Å²) in [5, 5.41) is -0.440. The Morgan fingerprint density at radius 1 is 1.11 bits per heavy atom. The first-order chi connectivity index (χ1) is 8.72. The second kappa shape index (κ2) is 6.39. The lowest BCUT2D eigenvalue weighted by atomic mass is 10.1. The topological polar surface area (TPSA) is 55.4 Å². The Labute approximate surface area is 116 Å². The molecule has 0 amide bonds. The lowest BCUT2D eigenvalue weighted by molar-refractivity contribution is 0.242. The van der Waals surface area contributed by atoms with Crippen LogP contribution in [0.25, 0.3) is 0 Å². The average molecular weight is 285 g/mol. The summed E-state index contributed by atoms with van der Waals surface area (Å²) >= 11 is 0. The van der Waals surface area contributed by atoms with Crippen LogP contribution >= 0.6 is 0 Å². The van der Waals surface area contributed by atoms with E-state index in [0.717, 1.165) is 11.3 Å². The van der Waals surface area contributed by atoms with Gasteiger partial charge in [0.15, 0.2) is 0 Å². The van der Waals surface area contributed by atoms with Crippen molar-refractivity contribution in [2.24, 2.45) is 0 Å². The van der Waals surface area contributed by atoms with Crippen LogP contribution in [0.3, 0.4) is 0 Å². The summed E-state index contributed by atoms with van der Waals surface area (Å²) in [4.78, 5) is 0. The molecule has 19 heavy (non-hydrogen) atoms. The van der Waals surface area contributed by atoms with E-state index in [0.29, 0.717) is 0 Å². The Hall–Kier alpha value is -1.07. The highest BCUT2D eigenvalue weighted by Gasteiger charge is 2.19. The van der Waals surface area contributed by atoms with Gasteiger partial charge in [-0.1, -0.05) is 12.1 Å². The van der Waals surface area contributed by atoms with Crippen molar-refractivity contribution in [1.82, 2.24) is 4.72 Å². The highest BCUT2D eigenvalue weighted by Crippen LogP contribution is 2.21. The van der Waals surface area contributed by atoms with Gasteiger partial charge in [-0.05, 0) is 52.3 Å². The molecule has 0 bridgehead atoms. The molecule has 0 heterocycles. The fourth-order valence-corrected chi connectivity index (χ4v) is 2.48. The van der Waals surface area contributed by atoms with Crippen LogP contribution in [-0.2, 0) is 10.0 Å². The van der Waals surface area contributed by atoms with Gasteiger partial charge in [0.2, 0.25) is 10.0 Å². The summed E-state index contributed by atoms with van der Waals surface area (Å²) in [5.41, 5.74) is 0.891. The van der Waals surface area contributed by atoms with Crippen molar-refractivity contribution in [3.05, 3.63) is 29.8 Å². The van der Waals surface area contributed by atoms with E-state index < -0.39 is 15.3 Å². The van der Waals surface area contributed by atoms with Crippen molar-refractivity contribution in [3.8, 4) is 5.75 Å². The van der Waals surface area contributed by atoms with Crippen molar-refractivity contribution >= 4 is 10.0 Å². The molecule has 5 heteroatoms. The molecule has 0 saturated heterocycles. The molecule has 1 atom stereocenters. The number of nitrogens with one attached hydrogen (secondary N) is 1. The largest absolute Gasteiger partial charge is 0.491 e. The van der Waals surface area contributed by atoms with Gasteiger partial charge in [0.25, 0.3) is 0 Å². The molecule has 0 aliphatic heterocycles. The molecule has 1 aromatic carbocycles. The highest BCUT2D eigenvalue weighted by atomic mass is 32.2. The van der Waals surface area contributed by atoms with Crippen LogP contribution in [0.4, 0.5) is 0 Å². The molecule has 0 saturated carbocycles. The molecule has 0 aliphatic rings. The maximum absolute atomic E-state index is 11.8. The van der Waals surface area contributed by atoms with Crippen LogP contribution in [-0.4, -0.2) is 19.8 Å². The molecule has 108 valence electrons. The fraction of sp³-hybridized carbons (Fsp3) is 0.571. The Morgan fingerprint density at radius 2 is 1.74 bits per heavy atom. The van der Waals surface area contributed by atoms with Crippen LogP contribution in [0.2, 0.25) is 0 Å². The molecule has 1 rings (SSSR count). The minimum Gasteiger partial charge on any atom is -0.491 e. The predicted molar refractivity (Wildman–Crippen MR) is 77.8 cm³/mol. The monoisotopic (exact) mass is 285 g/mol. The first-order valence-electron chi connectivity index (χ1n) is 6.50. The van der Waals surface area contributed by atoms with Crippen molar-refractivity contribution in [2.45, 2.75) is 52.0 Å². The molecule has 0 radical (unpaired) electrons. The van der Waals surface area contributed by atoms with Crippen molar-refractivity contribution in [2.75, 3.05) is 0 Å². The normalized spacial score (nSPS) is 13.8. The number of hydrogen-bond donors (Lipinski definition) is 1. The van der Waals surface area contributed by atoms with Gasteiger partial charge in [-0.15, -0.1) is 0 Å². The quantitative estimate of drug-likeness (QED) is 0.874. The summed E-state index contributed by atoms with van der Waals surface area (Å²) in [6, 6.07) is 7.22. The third-order valence-electron chi connectivity index (χ3n) is 2.69. The second-order valence-electron chi connectivity index (χ2n) is 5.17. The highest BCUT2D eigenvalue weighted by molar-refractivity contribution is 7.90. The molecular weight excluding hydrogens is 262 g/mol. The zero-order valence-electron chi connectivity index (χ0n) is 12.2. The van der Waals surface area contributed by atoms with Crippen molar-refractivity contribution < 1.29 is 13.2 Å². The molecule has 1 aromatic rings. The lowest BCUT2D eigenvalue weighted by Crippen LogP contribution is -2.32. The van der Waals surface area contributed by atoms with E-state index in [1.807, 2.05) is 45.0 Å². The third-order valence-corrected chi connectivity index (χ3v) is 4.61. The van der Waals surface area contributed by atoms with Gasteiger partial charge in [0, 0.05) is 6.04 Å². The van der Waals surface area contributed by atoms with E-state index in [-0.39, 0.29) is 12.1 Å². The molecule has 0 aromatic heterocycles. The second-order valence-corrected chi connectivity index (χ2v) is 7.44. The van der Waals surface area contributed by atoms with Crippen molar-refractivity contribution in [3.63, 3.8) is 0 Å². The summed E-state index contributed by atoms with van der Waals surface area (Å²) in [7, 11) is -3.27. The van der Waals surface area contributed by atoms with Gasteiger partial charge in [-0.25, -0.2) is 13.1 Å². The molecule has 0 fully saturated rings. The third kappa shape index (κ3) is 4.84. The maximum Gasteiger partial charge on any atom is 0.214 e. The first-order valence-corrected chi connectivity index (χ1v) is 8.04. The van der Waals surface area contributed by atoms with E-state index >= 15 is 0 Å². The predicted octanol–water partition coefficient (Wildman–Crippen LogP) is 2.86. The van der Waals surface area contributed by atoms with E-state index in [4.69, 9.17) is 4.74 Å². The lowest BCUT2D eigenvalue weighted by Gasteiger charge is -2.18. The molecule has 1 N–H and O–H groups in total. The van der Waals surface area contributed by atoms with Gasteiger partial charge >= 0.3 is 0 Å². The number of ether oxygens (including phenoxy) is 1. The molecule has 4 nitrogen and oxygen atoms in total. The summed E-state index contributed by atoms with van der Waals surface area (Å²) in [5.74, 6) is 0.753. The number of hydrogen-bond acceptors (Lipinski definition) is 3. The fourth-order valence-electron chi connectivity index (χ4n) is 1.58. The van der Waals surface area contributed by atoms with Gasteiger partial charge < -0.3 is 4.74 Å². The first kappa shape index (κ1) is 16.0. The van der Waals surface area contributed by atoms with Crippen LogP contribution in [0, 0.1) is 0 Å². The standard InChI is InChI=1S/C14H23NO3S/c1-10(2)18-14-8-6-7-13(9-14)12(5)15-19(16,17)11(3)4/h6-12,15H,1-5H3. The minimum atomic E-state index is -3.27. The Balaban J connectivity index is 2.86. The van der Waals surface area contributed by atoms with Crippen LogP contribution in [0.1, 0.15) is 46.2 Å². The summed E-state index contributed by atoms with van der Waals surface area (Å²) < 4.78 is 31.9. The van der Waals surface area contributed by atoms with Gasteiger partial charge in [0.05, 0.1) is 11.4 Å². The smallest absolute Gasteiger partial charge is 0.214 e. The van der Waals surface area contributed by atoms with Crippen molar-refractivity contribution in [1.29, 1.82) is 0 Å². The molecule has 0 spiro atoms. The van der Waals surface area contributed by atoms with E-state index in [2.05, 4.69) is 4.72 Å². The maximum atomic E-state index is 11.8. The zero-order chi connectivity index (χ0) is 14.6. The number of sulfonamides is 1. The molecule has 0 aliphatic carbocycles. The van der Waals surface area contributed by atoms with E-state index in [9.17, 15) is 8.42 Å². The SMILES string of the molecule is CC(C)Oc1cccc(C(C)NS(=O)(=O)C(C)C)c1. The average Bonchev–Trinajstić information content (AvgIpc) is 2.27. The molecular formula is C14H23NO3S. The van der Waals surface area contributed by atoms with Gasteiger partial charge in [-0.2, -0.15) is 0 Å². The minimum absolute atomic E-state index is 0.0953. The Morgan fingerprint density at radius 3 is 2.26 bits per heavy atom. The Kier molecular flexibility index (Phi) is 5.38. The van der Waals surface area contributed by atoms with Crippen LogP contribution in [0.5, 0.6) is 5.75 Å². The van der Waals surface area contributed by atoms with Crippen LogP contribution in [0.15, 0.2) is 24.3 Å². The van der Waals surface area contributed by atoms with E-state index in [1.165, 1.54) is 0 Å². The summed E-state index contributed by atoms with van der Waals surface area (Å²) in [6.07, 6.45) is 0.0953. The number of rotatable bonds is 6. The Bertz CT molecular complexity index is 509.